The molecule has 0 spiro atoms. The Hall–Kier alpha value is -4.02. The van der Waals surface area contributed by atoms with E-state index in [9.17, 15) is 19.4 Å². The van der Waals surface area contributed by atoms with Crippen molar-refractivity contribution in [3.63, 3.8) is 0 Å². The second-order valence-corrected chi connectivity index (χ2v) is 8.52. The zero-order valence-electron chi connectivity index (χ0n) is 17.9. The lowest BCUT2D eigenvalue weighted by Crippen LogP contribution is -2.25. The van der Waals surface area contributed by atoms with Gasteiger partial charge in [0.25, 0.3) is 0 Å². The molecule has 1 heterocycles. The molecule has 0 bridgehead atoms. The van der Waals surface area contributed by atoms with Gasteiger partial charge in [0.15, 0.2) is 0 Å². The number of hydrogen-bond acceptors (Lipinski definition) is 3. The molecular weight excluding hydrogens is 426 g/mol. The number of rotatable bonds is 5. The highest BCUT2D eigenvalue weighted by Crippen LogP contribution is 2.37. The summed E-state index contributed by atoms with van der Waals surface area (Å²) in [5.41, 5.74) is 0.703. The first kappa shape index (κ1) is 22.2. The first-order valence-electron chi connectivity index (χ1n) is 10.2. The largest absolute Gasteiger partial charge is 0.478 e. The van der Waals surface area contributed by atoms with Crippen LogP contribution in [0.4, 0.5) is 8.78 Å². The Morgan fingerprint density at radius 3 is 2.39 bits per heavy atom. The fourth-order valence-electron chi connectivity index (χ4n) is 3.90. The molecule has 0 amide bonds. The first-order chi connectivity index (χ1) is 15.6. The SMILES string of the molecule is CC(C)(O)Cn1ccc2cc(-c3ccc(C(=O)O)cc3-c3ccc(C#N)c(F)c3)c(F)cc21. The number of aromatic carboxylic acids is 1. The van der Waals surface area contributed by atoms with Gasteiger partial charge in [-0.15, -0.1) is 0 Å². The summed E-state index contributed by atoms with van der Waals surface area (Å²) in [6.45, 7) is 3.60. The Kier molecular flexibility index (Phi) is 5.48. The fourth-order valence-corrected chi connectivity index (χ4v) is 3.90. The zero-order valence-corrected chi connectivity index (χ0v) is 17.9. The van der Waals surface area contributed by atoms with Gasteiger partial charge in [-0.3, -0.25) is 0 Å². The van der Waals surface area contributed by atoms with Crippen molar-refractivity contribution in [3.8, 4) is 28.3 Å². The van der Waals surface area contributed by atoms with Gasteiger partial charge in [0, 0.05) is 17.1 Å². The molecule has 0 fully saturated rings. The van der Waals surface area contributed by atoms with Gasteiger partial charge in [0.05, 0.1) is 28.8 Å². The third-order valence-electron chi connectivity index (χ3n) is 5.37. The van der Waals surface area contributed by atoms with Crippen LogP contribution in [-0.2, 0) is 6.54 Å². The van der Waals surface area contributed by atoms with Gasteiger partial charge in [-0.2, -0.15) is 5.26 Å². The molecule has 3 aromatic carbocycles. The Labute approximate surface area is 188 Å². The minimum Gasteiger partial charge on any atom is -0.478 e. The number of nitriles is 1. The van der Waals surface area contributed by atoms with Crippen LogP contribution >= 0.6 is 0 Å². The second-order valence-electron chi connectivity index (χ2n) is 8.52. The molecule has 0 radical (unpaired) electrons. The summed E-state index contributed by atoms with van der Waals surface area (Å²) in [7, 11) is 0. The number of nitrogens with zero attached hydrogens (tertiary/aromatic N) is 2. The average molecular weight is 446 g/mol. The molecule has 0 unspecified atom stereocenters. The van der Waals surface area contributed by atoms with E-state index in [-0.39, 0.29) is 23.2 Å². The molecule has 4 rings (SSSR count). The van der Waals surface area contributed by atoms with E-state index in [0.717, 1.165) is 11.5 Å². The molecule has 166 valence electrons. The number of aliphatic hydroxyl groups is 1. The minimum absolute atomic E-state index is 0.0312. The van der Waals surface area contributed by atoms with E-state index in [1.54, 1.807) is 42.8 Å². The van der Waals surface area contributed by atoms with Crippen LogP contribution in [-0.4, -0.2) is 26.4 Å². The number of carbonyl (C=O) groups is 1. The van der Waals surface area contributed by atoms with Gasteiger partial charge in [-0.1, -0.05) is 12.1 Å². The summed E-state index contributed by atoms with van der Waals surface area (Å²) in [5.74, 6) is -2.46. The van der Waals surface area contributed by atoms with E-state index < -0.39 is 23.2 Å². The number of halogens is 2. The third-order valence-corrected chi connectivity index (χ3v) is 5.37. The van der Waals surface area contributed by atoms with Gasteiger partial charge in [-0.25, -0.2) is 13.6 Å². The predicted molar refractivity (Wildman–Crippen MR) is 121 cm³/mol. The highest BCUT2D eigenvalue weighted by molar-refractivity contribution is 5.95. The smallest absolute Gasteiger partial charge is 0.335 e. The van der Waals surface area contributed by atoms with Crippen molar-refractivity contribution in [1.82, 2.24) is 4.57 Å². The van der Waals surface area contributed by atoms with E-state index in [1.807, 2.05) is 0 Å². The molecule has 0 aliphatic heterocycles. The molecule has 0 aliphatic rings. The van der Waals surface area contributed by atoms with Crippen molar-refractivity contribution in [3.05, 3.63) is 83.6 Å². The average Bonchev–Trinajstić information content (AvgIpc) is 3.12. The summed E-state index contributed by atoms with van der Waals surface area (Å²) in [4.78, 5) is 11.5. The Bertz CT molecular complexity index is 1440. The van der Waals surface area contributed by atoms with Gasteiger partial charge >= 0.3 is 5.97 Å². The molecule has 5 nitrogen and oxygen atoms in total. The third kappa shape index (κ3) is 4.34. The Balaban J connectivity index is 1.92. The monoisotopic (exact) mass is 446 g/mol. The predicted octanol–water partition coefficient (Wildman–Crippen LogP) is 5.59. The molecule has 7 heteroatoms. The molecule has 0 aliphatic carbocycles. The summed E-state index contributed by atoms with van der Waals surface area (Å²) in [6.07, 6.45) is 1.76. The van der Waals surface area contributed by atoms with Crippen LogP contribution in [0.1, 0.15) is 29.8 Å². The van der Waals surface area contributed by atoms with Gasteiger partial charge < -0.3 is 14.8 Å². The van der Waals surface area contributed by atoms with E-state index in [1.165, 1.54) is 36.4 Å². The van der Waals surface area contributed by atoms with E-state index in [0.29, 0.717) is 22.2 Å². The Morgan fingerprint density at radius 1 is 1.00 bits per heavy atom. The summed E-state index contributed by atoms with van der Waals surface area (Å²) < 4.78 is 31.4. The zero-order chi connectivity index (χ0) is 23.9. The van der Waals surface area contributed by atoms with Crippen molar-refractivity contribution < 1.29 is 23.8 Å². The lowest BCUT2D eigenvalue weighted by molar-refractivity contribution is 0.0627. The van der Waals surface area contributed by atoms with Crippen molar-refractivity contribution >= 4 is 16.9 Å². The lowest BCUT2D eigenvalue weighted by atomic mass is 9.91. The van der Waals surface area contributed by atoms with E-state index in [2.05, 4.69) is 0 Å². The van der Waals surface area contributed by atoms with Crippen LogP contribution in [0.25, 0.3) is 33.2 Å². The van der Waals surface area contributed by atoms with Crippen molar-refractivity contribution in [1.29, 1.82) is 5.26 Å². The fraction of sp³-hybridized carbons (Fsp3) is 0.154. The molecule has 4 aromatic rings. The molecule has 33 heavy (non-hydrogen) atoms. The number of aromatic nitrogens is 1. The highest BCUT2D eigenvalue weighted by Gasteiger charge is 2.19. The summed E-state index contributed by atoms with van der Waals surface area (Å²) in [6, 6.07) is 14.7. The maximum atomic E-state index is 15.3. The van der Waals surface area contributed by atoms with Gasteiger partial charge in [0.1, 0.15) is 17.7 Å². The van der Waals surface area contributed by atoms with Crippen LogP contribution < -0.4 is 0 Å². The van der Waals surface area contributed by atoms with Crippen LogP contribution in [0.2, 0.25) is 0 Å². The number of carboxylic acid groups (broad SMARTS) is 1. The number of benzene rings is 3. The quantitative estimate of drug-likeness (QED) is 0.418. The molecule has 0 saturated heterocycles. The Morgan fingerprint density at radius 2 is 1.76 bits per heavy atom. The maximum Gasteiger partial charge on any atom is 0.335 e. The number of fused-ring (bicyclic) bond motifs is 1. The molecule has 2 N–H and O–H groups in total. The molecule has 0 saturated carbocycles. The van der Waals surface area contributed by atoms with Crippen molar-refractivity contribution in [2.24, 2.45) is 0 Å². The lowest BCUT2D eigenvalue weighted by Gasteiger charge is -2.19. The molecule has 1 aromatic heterocycles. The highest BCUT2D eigenvalue weighted by atomic mass is 19.1. The van der Waals surface area contributed by atoms with Crippen molar-refractivity contribution in [2.45, 2.75) is 26.0 Å². The minimum atomic E-state index is -1.17. The normalized spacial score (nSPS) is 11.5. The maximum absolute atomic E-state index is 15.3. The topological polar surface area (TPSA) is 86.2 Å². The van der Waals surface area contributed by atoms with Crippen LogP contribution in [0.5, 0.6) is 0 Å². The van der Waals surface area contributed by atoms with Crippen LogP contribution in [0.15, 0.2) is 60.8 Å². The number of hydrogen-bond donors (Lipinski definition) is 2. The van der Waals surface area contributed by atoms with Gasteiger partial charge in [0.2, 0.25) is 0 Å². The van der Waals surface area contributed by atoms with Crippen LogP contribution in [0, 0.1) is 23.0 Å². The molecular formula is C26H20F2N2O3. The summed E-state index contributed by atoms with van der Waals surface area (Å²) in [5, 5.41) is 29.3. The molecule has 0 atom stereocenters. The first-order valence-corrected chi connectivity index (χ1v) is 10.2. The number of carboxylic acids is 1. The van der Waals surface area contributed by atoms with E-state index >= 15 is 4.39 Å². The van der Waals surface area contributed by atoms with Crippen molar-refractivity contribution in [2.75, 3.05) is 0 Å². The van der Waals surface area contributed by atoms with Gasteiger partial charge in [-0.05, 0) is 73.0 Å². The van der Waals surface area contributed by atoms with E-state index in [4.69, 9.17) is 5.26 Å². The summed E-state index contributed by atoms with van der Waals surface area (Å²) >= 11 is 0. The second kappa shape index (κ2) is 8.15. The standard InChI is InChI=1S/C26H20F2N2O3/c1-26(2,33)14-30-8-7-16-9-21(23(28)12-24(16)30)19-6-5-17(25(31)32)10-20(19)15-3-4-18(13-29)22(27)11-15/h3-12,33H,14H2,1-2H3,(H,31,32). The van der Waals surface area contributed by atoms with Crippen LogP contribution in [0.3, 0.4) is 0 Å².